The van der Waals surface area contributed by atoms with Crippen LogP contribution in [0.15, 0.2) is 72.2 Å². The minimum atomic E-state index is -0.648. The van der Waals surface area contributed by atoms with E-state index in [2.05, 4.69) is 22.1 Å². The third kappa shape index (κ3) is 2.01. The first-order valence-electron chi connectivity index (χ1n) is 7.93. The summed E-state index contributed by atoms with van der Waals surface area (Å²) in [7, 11) is 0. The van der Waals surface area contributed by atoms with Crippen LogP contribution < -0.4 is 10.5 Å². The molecule has 0 fully saturated rings. The van der Waals surface area contributed by atoms with Crippen molar-refractivity contribution in [3.63, 3.8) is 0 Å². The van der Waals surface area contributed by atoms with Crippen LogP contribution in [0.25, 0.3) is 0 Å². The number of amidine groups is 1. The van der Waals surface area contributed by atoms with Gasteiger partial charge in [0.1, 0.15) is 23.4 Å². The van der Waals surface area contributed by atoms with Crippen LogP contribution in [-0.4, -0.2) is 15.1 Å². The molecule has 0 aliphatic carbocycles. The number of fused-ring (bicyclic) bond motifs is 4. The molecule has 1 aromatic heterocycles. The number of benzene rings is 2. The molecule has 5 nitrogen and oxygen atoms in total. The maximum absolute atomic E-state index is 6.21. The zero-order chi connectivity index (χ0) is 16.9. The van der Waals surface area contributed by atoms with E-state index in [-0.39, 0.29) is 5.25 Å². The maximum atomic E-state index is 6.21. The highest BCUT2D eigenvalue weighted by molar-refractivity contribution is 8.14. The standard InChI is InChI=1S/C19H14N4OS/c20-18-23-19(17(25-18)12-9-21-11-22-10-12)13-5-1-3-7-15(13)24-16-8-4-2-6-14(16)19/h1-11,17H,(H2,20,23). The van der Waals surface area contributed by atoms with Crippen molar-refractivity contribution < 1.29 is 4.74 Å². The third-order valence-corrected chi connectivity index (χ3v) is 5.78. The number of hydrogen-bond donors (Lipinski definition) is 1. The van der Waals surface area contributed by atoms with Crippen LogP contribution in [0.3, 0.4) is 0 Å². The van der Waals surface area contributed by atoms with Crippen LogP contribution in [0.1, 0.15) is 21.9 Å². The molecular formula is C19H14N4OS. The van der Waals surface area contributed by atoms with E-state index in [0.29, 0.717) is 5.17 Å². The second kappa shape index (κ2) is 5.32. The van der Waals surface area contributed by atoms with Crippen molar-refractivity contribution in [1.82, 2.24) is 9.97 Å². The van der Waals surface area contributed by atoms with E-state index >= 15 is 0 Å². The minimum Gasteiger partial charge on any atom is -0.457 e. The Hall–Kier alpha value is -2.86. The lowest BCUT2D eigenvalue weighted by molar-refractivity contribution is 0.395. The van der Waals surface area contributed by atoms with Crippen molar-refractivity contribution in [3.8, 4) is 11.5 Å². The molecule has 2 N–H and O–H groups in total. The van der Waals surface area contributed by atoms with E-state index in [0.717, 1.165) is 28.2 Å². The van der Waals surface area contributed by atoms with Crippen LogP contribution in [0.5, 0.6) is 11.5 Å². The van der Waals surface area contributed by atoms with Gasteiger partial charge in [0.15, 0.2) is 5.17 Å². The van der Waals surface area contributed by atoms with Gasteiger partial charge in [-0.3, -0.25) is 0 Å². The van der Waals surface area contributed by atoms with Gasteiger partial charge < -0.3 is 10.5 Å². The molecule has 0 amide bonds. The third-order valence-electron chi connectivity index (χ3n) is 4.60. The first-order valence-corrected chi connectivity index (χ1v) is 8.81. The lowest BCUT2D eigenvalue weighted by atomic mass is 9.76. The average Bonchev–Trinajstić information content (AvgIpc) is 3.01. The number of nitrogens with zero attached hydrogens (tertiary/aromatic N) is 3. The van der Waals surface area contributed by atoms with E-state index in [1.165, 1.54) is 6.33 Å². The zero-order valence-electron chi connectivity index (χ0n) is 13.2. The summed E-state index contributed by atoms with van der Waals surface area (Å²) in [5.74, 6) is 1.61. The topological polar surface area (TPSA) is 73.4 Å². The fourth-order valence-electron chi connectivity index (χ4n) is 3.63. The normalized spacial score (nSPS) is 19.7. The number of rotatable bonds is 1. The van der Waals surface area contributed by atoms with E-state index in [9.17, 15) is 0 Å². The Balaban J connectivity index is 1.84. The van der Waals surface area contributed by atoms with Gasteiger partial charge in [0.25, 0.3) is 0 Å². The van der Waals surface area contributed by atoms with E-state index in [1.807, 2.05) is 48.8 Å². The van der Waals surface area contributed by atoms with Gasteiger partial charge in [0.05, 0.1) is 5.25 Å². The van der Waals surface area contributed by atoms with E-state index in [1.54, 1.807) is 11.8 Å². The lowest BCUT2D eigenvalue weighted by Gasteiger charge is -2.38. The molecule has 2 aliphatic rings. The van der Waals surface area contributed by atoms with Crippen LogP contribution in [0.4, 0.5) is 0 Å². The second-order valence-electron chi connectivity index (χ2n) is 5.98. The molecule has 2 aromatic carbocycles. The van der Waals surface area contributed by atoms with Crippen LogP contribution >= 0.6 is 11.8 Å². The highest BCUT2D eigenvalue weighted by atomic mass is 32.2. The summed E-state index contributed by atoms with van der Waals surface area (Å²) in [6.07, 6.45) is 5.20. The first kappa shape index (κ1) is 14.5. The fraction of sp³-hybridized carbons (Fsp3) is 0.105. The summed E-state index contributed by atoms with van der Waals surface area (Å²) < 4.78 is 6.13. The van der Waals surface area contributed by atoms with Crippen molar-refractivity contribution in [2.24, 2.45) is 10.7 Å². The van der Waals surface area contributed by atoms with Gasteiger partial charge in [-0.15, -0.1) is 0 Å². The molecule has 0 saturated heterocycles. The fourth-order valence-corrected chi connectivity index (χ4v) is 4.80. The monoisotopic (exact) mass is 346 g/mol. The van der Waals surface area contributed by atoms with Crippen LogP contribution in [0, 0.1) is 0 Å². The smallest absolute Gasteiger partial charge is 0.155 e. The molecule has 3 heterocycles. The number of thioether (sulfide) groups is 1. The molecule has 5 rings (SSSR count). The van der Waals surface area contributed by atoms with Gasteiger partial charge in [-0.05, 0) is 12.1 Å². The van der Waals surface area contributed by atoms with Crippen LogP contribution in [-0.2, 0) is 5.54 Å². The van der Waals surface area contributed by atoms with Crippen LogP contribution in [0.2, 0.25) is 0 Å². The first-order chi connectivity index (χ1) is 12.3. The minimum absolute atomic E-state index is 0.0556. The molecule has 122 valence electrons. The SMILES string of the molecule is NC1=NC2(c3ccccc3Oc3ccccc32)C(c2cncnc2)S1. The average molecular weight is 346 g/mol. The molecule has 1 atom stereocenters. The van der Waals surface area contributed by atoms with Gasteiger partial charge in [-0.2, -0.15) is 0 Å². The largest absolute Gasteiger partial charge is 0.457 e. The molecule has 0 radical (unpaired) electrons. The highest BCUT2D eigenvalue weighted by Crippen LogP contribution is 2.61. The van der Waals surface area contributed by atoms with Gasteiger partial charge in [0, 0.05) is 29.1 Å². The van der Waals surface area contributed by atoms with Crippen molar-refractivity contribution >= 4 is 16.9 Å². The summed E-state index contributed by atoms with van der Waals surface area (Å²) in [6, 6.07) is 16.0. The second-order valence-corrected chi connectivity index (χ2v) is 7.11. The Kier molecular flexibility index (Phi) is 3.08. The summed E-state index contributed by atoms with van der Waals surface area (Å²) in [5, 5.41) is 0.500. The number of aliphatic imine (C=N–C) groups is 1. The van der Waals surface area contributed by atoms with Crippen molar-refractivity contribution in [3.05, 3.63) is 83.9 Å². The Morgan fingerprint density at radius 1 is 0.920 bits per heavy atom. The molecule has 1 unspecified atom stereocenters. The molecule has 25 heavy (non-hydrogen) atoms. The summed E-state index contributed by atoms with van der Waals surface area (Å²) in [6.45, 7) is 0. The number of hydrogen-bond acceptors (Lipinski definition) is 6. The Morgan fingerprint density at radius 2 is 1.52 bits per heavy atom. The van der Waals surface area contributed by atoms with Gasteiger partial charge >= 0.3 is 0 Å². The predicted molar refractivity (Wildman–Crippen MR) is 97.7 cm³/mol. The Morgan fingerprint density at radius 3 is 2.16 bits per heavy atom. The van der Waals surface area contributed by atoms with Crippen molar-refractivity contribution in [2.75, 3.05) is 0 Å². The number of para-hydroxylation sites is 2. The quantitative estimate of drug-likeness (QED) is 0.728. The number of ether oxygens (including phenoxy) is 1. The summed E-state index contributed by atoms with van der Waals surface area (Å²) in [5.41, 5.74) is 8.57. The van der Waals surface area contributed by atoms with E-state index in [4.69, 9.17) is 15.5 Å². The highest BCUT2D eigenvalue weighted by Gasteiger charge is 2.53. The molecule has 2 aliphatic heterocycles. The summed E-state index contributed by atoms with van der Waals surface area (Å²) >= 11 is 1.54. The zero-order valence-corrected chi connectivity index (χ0v) is 14.0. The lowest BCUT2D eigenvalue weighted by Crippen LogP contribution is -2.32. The molecule has 0 bridgehead atoms. The Bertz CT molecular complexity index is 944. The molecule has 1 spiro atoms. The van der Waals surface area contributed by atoms with Gasteiger partial charge in [-0.25, -0.2) is 15.0 Å². The summed E-state index contributed by atoms with van der Waals surface area (Å²) in [4.78, 5) is 13.3. The molecular weight excluding hydrogens is 332 g/mol. The predicted octanol–water partition coefficient (Wildman–Crippen LogP) is 3.63. The van der Waals surface area contributed by atoms with Crippen molar-refractivity contribution in [1.29, 1.82) is 0 Å². The number of nitrogens with two attached hydrogens (primary N) is 1. The maximum Gasteiger partial charge on any atom is 0.155 e. The van der Waals surface area contributed by atoms with Gasteiger partial charge in [0.2, 0.25) is 0 Å². The molecule has 0 saturated carbocycles. The molecule has 6 heteroatoms. The van der Waals surface area contributed by atoms with Gasteiger partial charge in [-0.1, -0.05) is 48.2 Å². The Labute approximate surface area is 149 Å². The van der Waals surface area contributed by atoms with E-state index < -0.39 is 5.54 Å². The molecule has 3 aromatic rings. The van der Waals surface area contributed by atoms with Crippen molar-refractivity contribution in [2.45, 2.75) is 10.8 Å². The number of aromatic nitrogens is 2.